The first-order valence-electron chi connectivity index (χ1n) is 10.3. The minimum Gasteiger partial charge on any atom is -0.468 e. The van der Waals surface area contributed by atoms with E-state index in [1.54, 1.807) is 54.6 Å². The Morgan fingerprint density at radius 1 is 1.03 bits per heavy atom. The van der Waals surface area contributed by atoms with E-state index in [2.05, 4.69) is 10.0 Å². The van der Waals surface area contributed by atoms with E-state index in [1.165, 1.54) is 24.5 Å². The third-order valence-electron chi connectivity index (χ3n) is 4.46. The summed E-state index contributed by atoms with van der Waals surface area (Å²) >= 11 is 0. The summed E-state index contributed by atoms with van der Waals surface area (Å²) in [5.74, 6) is -0.264. The van der Waals surface area contributed by atoms with Crippen LogP contribution in [0.2, 0.25) is 0 Å². The lowest BCUT2D eigenvalue weighted by Crippen LogP contribution is -2.22. The van der Waals surface area contributed by atoms with E-state index in [-0.39, 0.29) is 17.3 Å². The van der Waals surface area contributed by atoms with Gasteiger partial charge in [0.2, 0.25) is 15.9 Å². The van der Waals surface area contributed by atoms with Gasteiger partial charge in [-0.1, -0.05) is 19.1 Å². The number of carbonyl (C=O) groups excluding carboxylic acids is 2. The van der Waals surface area contributed by atoms with Gasteiger partial charge in [-0.3, -0.25) is 4.79 Å². The molecule has 0 radical (unpaired) electrons. The number of esters is 1. The maximum atomic E-state index is 12.4. The number of anilines is 1. The molecule has 2 aromatic carbocycles. The average Bonchev–Trinajstić information content (AvgIpc) is 3.35. The molecule has 3 rings (SSSR count). The van der Waals surface area contributed by atoms with Crippen LogP contribution in [0.25, 0.3) is 6.08 Å². The van der Waals surface area contributed by atoms with Crippen molar-refractivity contribution in [1.82, 2.24) is 4.72 Å². The molecule has 8 nitrogen and oxygen atoms in total. The summed E-state index contributed by atoms with van der Waals surface area (Å²) in [5.41, 5.74) is 1.59. The Kier molecular flexibility index (Phi) is 8.17. The number of hydrogen-bond donors (Lipinski definition) is 2. The molecule has 1 amide bonds. The van der Waals surface area contributed by atoms with Crippen molar-refractivity contribution in [1.29, 1.82) is 0 Å². The summed E-state index contributed by atoms with van der Waals surface area (Å²) < 4.78 is 37.4. The highest BCUT2D eigenvalue weighted by molar-refractivity contribution is 7.89. The largest absolute Gasteiger partial charge is 0.468 e. The number of furan rings is 1. The number of hydrogen-bond acceptors (Lipinski definition) is 6. The number of nitrogens with one attached hydrogen (secondary N) is 2. The minimum atomic E-state index is -3.69. The van der Waals surface area contributed by atoms with E-state index in [0.29, 0.717) is 29.2 Å². The summed E-state index contributed by atoms with van der Waals surface area (Å²) in [4.78, 5) is 24.1. The Bertz CT molecular complexity index is 1200. The first-order chi connectivity index (χ1) is 15.9. The van der Waals surface area contributed by atoms with Crippen molar-refractivity contribution >= 4 is 33.7 Å². The fraction of sp³-hybridized carbons (Fsp3) is 0.167. The fourth-order valence-corrected chi connectivity index (χ4v) is 3.74. The third kappa shape index (κ3) is 7.16. The van der Waals surface area contributed by atoms with Crippen LogP contribution in [0.1, 0.15) is 35.0 Å². The molecular formula is C24H24N2O6S. The van der Waals surface area contributed by atoms with Crippen molar-refractivity contribution in [2.75, 3.05) is 11.9 Å². The second-order valence-electron chi connectivity index (χ2n) is 7.01. The second-order valence-corrected chi connectivity index (χ2v) is 8.78. The summed E-state index contributed by atoms with van der Waals surface area (Å²) in [6.07, 6.45) is 5.12. The Morgan fingerprint density at radius 2 is 1.76 bits per heavy atom. The molecule has 2 N–H and O–H groups in total. The van der Waals surface area contributed by atoms with Crippen LogP contribution in [0.5, 0.6) is 0 Å². The number of amides is 1. The molecule has 0 saturated heterocycles. The SMILES string of the molecule is CCCOC(=O)c1ccc(NC(=O)/C=C/c2ccc(S(=O)(=O)NCc3ccco3)cc2)cc1. The Morgan fingerprint density at radius 3 is 2.39 bits per heavy atom. The Hall–Kier alpha value is -3.69. The first-order valence-corrected chi connectivity index (χ1v) is 11.7. The molecule has 1 heterocycles. The van der Waals surface area contributed by atoms with E-state index in [1.807, 2.05) is 6.92 Å². The smallest absolute Gasteiger partial charge is 0.338 e. The van der Waals surface area contributed by atoms with Gasteiger partial charge in [-0.15, -0.1) is 0 Å². The van der Waals surface area contributed by atoms with Gasteiger partial charge in [0, 0.05) is 11.8 Å². The van der Waals surface area contributed by atoms with E-state index < -0.39 is 16.0 Å². The normalized spacial score (nSPS) is 11.4. The molecule has 172 valence electrons. The lowest BCUT2D eigenvalue weighted by Gasteiger charge is -2.06. The van der Waals surface area contributed by atoms with Gasteiger partial charge in [-0.25, -0.2) is 17.9 Å². The molecule has 0 aliphatic heterocycles. The lowest BCUT2D eigenvalue weighted by molar-refractivity contribution is -0.111. The van der Waals surface area contributed by atoms with E-state index >= 15 is 0 Å². The van der Waals surface area contributed by atoms with E-state index in [9.17, 15) is 18.0 Å². The molecule has 0 bridgehead atoms. The van der Waals surface area contributed by atoms with Gasteiger partial charge in [-0.05, 0) is 66.6 Å². The zero-order chi connectivity index (χ0) is 23.7. The summed E-state index contributed by atoms with van der Waals surface area (Å²) in [6.45, 7) is 2.32. The predicted octanol–water partition coefficient (Wildman–Crippen LogP) is 3.98. The Labute approximate surface area is 192 Å². The molecule has 0 unspecified atom stereocenters. The van der Waals surface area contributed by atoms with Crippen molar-refractivity contribution in [3.63, 3.8) is 0 Å². The lowest BCUT2D eigenvalue weighted by atomic mass is 10.2. The molecule has 1 aromatic heterocycles. The van der Waals surface area contributed by atoms with Crippen LogP contribution in [0.15, 0.2) is 82.3 Å². The molecule has 0 aliphatic rings. The summed E-state index contributed by atoms with van der Waals surface area (Å²) in [6, 6.07) is 15.9. The van der Waals surface area contributed by atoms with Crippen LogP contribution in [-0.4, -0.2) is 26.9 Å². The van der Waals surface area contributed by atoms with Crippen LogP contribution in [0.3, 0.4) is 0 Å². The monoisotopic (exact) mass is 468 g/mol. The van der Waals surface area contributed by atoms with Crippen molar-refractivity contribution in [3.8, 4) is 0 Å². The van der Waals surface area contributed by atoms with Crippen LogP contribution in [0.4, 0.5) is 5.69 Å². The zero-order valence-electron chi connectivity index (χ0n) is 18.0. The van der Waals surface area contributed by atoms with Crippen LogP contribution < -0.4 is 10.0 Å². The van der Waals surface area contributed by atoms with Gasteiger partial charge in [0.15, 0.2) is 0 Å². The molecule has 3 aromatic rings. The fourth-order valence-electron chi connectivity index (χ4n) is 2.74. The highest BCUT2D eigenvalue weighted by Crippen LogP contribution is 2.14. The molecule has 0 saturated carbocycles. The molecule has 0 fully saturated rings. The molecule has 0 spiro atoms. The topological polar surface area (TPSA) is 115 Å². The number of benzene rings is 2. The first kappa shape index (κ1) is 24.0. The molecule has 0 atom stereocenters. The summed E-state index contributed by atoms with van der Waals surface area (Å²) in [7, 11) is -3.69. The van der Waals surface area contributed by atoms with Gasteiger partial charge in [0.1, 0.15) is 5.76 Å². The highest BCUT2D eigenvalue weighted by Gasteiger charge is 2.14. The standard InChI is InChI=1S/C24H24N2O6S/c1-2-15-32-24(28)19-8-10-20(11-9-19)26-23(27)14-7-18-5-12-22(13-6-18)33(29,30)25-17-21-4-3-16-31-21/h3-14,16,25H,2,15,17H2,1H3,(H,26,27)/b14-7+. The second kappa shape index (κ2) is 11.3. The van der Waals surface area contributed by atoms with Crippen molar-refractivity contribution in [3.05, 3.63) is 89.9 Å². The maximum Gasteiger partial charge on any atom is 0.338 e. The minimum absolute atomic E-state index is 0.0536. The number of rotatable bonds is 10. The summed E-state index contributed by atoms with van der Waals surface area (Å²) in [5, 5.41) is 2.69. The van der Waals surface area contributed by atoms with Crippen LogP contribution >= 0.6 is 0 Å². The number of sulfonamides is 1. The third-order valence-corrected chi connectivity index (χ3v) is 5.88. The van der Waals surface area contributed by atoms with E-state index in [0.717, 1.165) is 6.42 Å². The molecule has 0 aliphatic carbocycles. The number of carbonyl (C=O) groups is 2. The highest BCUT2D eigenvalue weighted by atomic mass is 32.2. The Balaban J connectivity index is 1.54. The van der Waals surface area contributed by atoms with Crippen LogP contribution in [-0.2, 0) is 26.1 Å². The molecular weight excluding hydrogens is 444 g/mol. The van der Waals surface area contributed by atoms with Gasteiger partial charge in [0.25, 0.3) is 0 Å². The van der Waals surface area contributed by atoms with Crippen molar-refractivity contribution in [2.45, 2.75) is 24.8 Å². The maximum absolute atomic E-state index is 12.4. The number of ether oxygens (including phenoxy) is 1. The van der Waals surface area contributed by atoms with E-state index in [4.69, 9.17) is 9.15 Å². The van der Waals surface area contributed by atoms with Gasteiger partial charge in [-0.2, -0.15) is 0 Å². The quantitative estimate of drug-likeness (QED) is 0.344. The van der Waals surface area contributed by atoms with Gasteiger partial charge >= 0.3 is 5.97 Å². The predicted molar refractivity (Wildman–Crippen MR) is 124 cm³/mol. The van der Waals surface area contributed by atoms with Crippen molar-refractivity contribution < 1.29 is 27.2 Å². The average molecular weight is 469 g/mol. The van der Waals surface area contributed by atoms with Crippen LogP contribution in [0, 0.1) is 0 Å². The van der Waals surface area contributed by atoms with Crippen molar-refractivity contribution in [2.24, 2.45) is 0 Å². The molecule has 33 heavy (non-hydrogen) atoms. The molecule has 9 heteroatoms. The zero-order valence-corrected chi connectivity index (χ0v) is 18.8. The van der Waals surface area contributed by atoms with Gasteiger partial charge < -0.3 is 14.5 Å². The van der Waals surface area contributed by atoms with Gasteiger partial charge in [0.05, 0.1) is 29.9 Å².